The average Bonchev–Trinajstić information content (AvgIpc) is 3.01. The first kappa shape index (κ1) is 23.4. The predicted molar refractivity (Wildman–Crippen MR) is 115 cm³/mol. The Kier molecular flexibility index (Phi) is 9.81. The van der Waals surface area contributed by atoms with Gasteiger partial charge in [0.1, 0.15) is 18.3 Å². The van der Waals surface area contributed by atoms with Crippen molar-refractivity contribution in [2.75, 3.05) is 26.2 Å². The minimum Gasteiger partial charge on any atom is -0.444 e. The van der Waals surface area contributed by atoms with Crippen molar-refractivity contribution in [3.63, 3.8) is 0 Å². The van der Waals surface area contributed by atoms with E-state index < -0.39 is 5.60 Å². The maximum Gasteiger partial charge on any atom is 0.410 e. The molecular weight excluding hydrogens is 461 g/mol. The third kappa shape index (κ3) is 8.76. The Morgan fingerprint density at radius 1 is 1.26 bits per heavy atom. The maximum absolute atomic E-state index is 12.0. The van der Waals surface area contributed by atoms with E-state index in [4.69, 9.17) is 4.74 Å². The number of hydrogen-bond acceptors (Lipinski definition) is 5. The Morgan fingerprint density at radius 2 is 1.93 bits per heavy atom. The topological polar surface area (TPSA) is 96.7 Å². The second-order valence-electron chi connectivity index (χ2n) is 7.39. The molecule has 2 rings (SSSR count). The predicted octanol–water partition coefficient (Wildman–Crippen LogP) is 1.85. The highest BCUT2D eigenvalue weighted by Crippen LogP contribution is 2.15. The Bertz CT molecular complexity index is 581. The van der Waals surface area contributed by atoms with E-state index >= 15 is 0 Å². The number of aliphatic imine (C=N–C) groups is 1. The van der Waals surface area contributed by atoms with Crippen LogP contribution in [-0.2, 0) is 11.3 Å². The Hall–Kier alpha value is -1.59. The van der Waals surface area contributed by atoms with Crippen LogP contribution in [0.2, 0.25) is 0 Å². The molecule has 1 saturated heterocycles. The van der Waals surface area contributed by atoms with Gasteiger partial charge in [-0.25, -0.2) is 4.79 Å². The first-order chi connectivity index (χ1) is 12.4. The number of ether oxygens (including phenoxy) is 1. The maximum atomic E-state index is 12.0. The van der Waals surface area contributed by atoms with Crippen molar-refractivity contribution in [2.45, 2.75) is 58.7 Å². The van der Waals surface area contributed by atoms with Gasteiger partial charge in [0, 0.05) is 32.7 Å². The molecule has 1 amide bonds. The summed E-state index contributed by atoms with van der Waals surface area (Å²) in [5, 5.41) is 14.2. The van der Waals surface area contributed by atoms with Crippen LogP contribution in [0.5, 0.6) is 0 Å². The van der Waals surface area contributed by atoms with Crippen LogP contribution in [-0.4, -0.2) is 69.5 Å². The summed E-state index contributed by atoms with van der Waals surface area (Å²) in [7, 11) is 0. The largest absolute Gasteiger partial charge is 0.444 e. The molecule has 1 aliphatic rings. The lowest BCUT2D eigenvalue weighted by molar-refractivity contribution is 0.00701. The van der Waals surface area contributed by atoms with E-state index in [2.05, 4.69) is 25.8 Å². The summed E-state index contributed by atoms with van der Waals surface area (Å²) < 4.78 is 7.33. The molecule has 0 atom stereocenters. The van der Waals surface area contributed by atoms with Crippen LogP contribution in [0, 0.1) is 0 Å². The van der Waals surface area contributed by atoms with Gasteiger partial charge in [-0.1, -0.05) is 0 Å². The van der Waals surface area contributed by atoms with Gasteiger partial charge < -0.3 is 24.8 Å². The third-order valence-electron chi connectivity index (χ3n) is 3.78. The first-order valence-electron chi connectivity index (χ1n) is 9.22. The van der Waals surface area contributed by atoms with Gasteiger partial charge in [-0.05, 0) is 40.5 Å². The van der Waals surface area contributed by atoms with Crippen molar-refractivity contribution in [1.82, 2.24) is 30.3 Å². The molecule has 0 spiro atoms. The number of carbonyl (C=O) groups is 1. The van der Waals surface area contributed by atoms with Crippen LogP contribution >= 0.6 is 24.0 Å². The molecule has 1 aliphatic heterocycles. The highest BCUT2D eigenvalue weighted by Gasteiger charge is 2.34. The van der Waals surface area contributed by atoms with Crippen LogP contribution in [0.1, 0.15) is 40.5 Å². The smallest absolute Gasteiger partial charge is 0.410 e. The zero-order valence-corrected chi connectivity index (χ0v) is 19.0. The lowest BCUT2D eigenvalue weighted by Gasteiger charge is -2.40. The van der Waals surface area contributed by atoms with Crippen molar-refractivity contribution in [1.29, 1.82) is 0 Å². The lowest BCUT2D eigenvalue weighted by Crippen LogP contribution is -2.63. The van der Waals surface area contributed by atoms with E-state index in [0.29, 0.717) is 13.1 Å². The number of aromatic nitrogens is 3. The molecule has 0 bridgehead atoms. The highest BCUT2D eigenvalue weighted by atomic mass is 127. The molecule has 1 fully saturated rings. The van der Waals surface area contributed by atoms with Gasteiger partial charge in [0.2, 0.25) is 0 Å². The normalized spacial score (nSPS) is 15.0. The quantitative estimate of drug-likeness (QED) is 0.261. The van der Waals surface area contributed by atoms with Crippen LogP contribution in [0.4, 0.5) is 4.79 Å². The first-order valence-corrected chi connectivity index (χ1v) is 9.22. The van der Waals surface area contributed by atoms with Crippen LogP contribution in [0.25, 0.3) is 0 Å². The second-order valence-corrected chi connectivity index (χ2v) is 7.39. The van der Waals surface area contributed by atoms with E-state index in [0.717, 1.165) is 38.4 Å². The lowest BCUT2D eigenvalue weighted by atomic mass is 10.1. The van der Waals surface area contributed by atoms with Gasteiger partial charge in [-0.3, -0.25) is 4.99 Å². The number of guanidine groups is 1. The number of unbranched alkanes of at least 4 members (excludes halogenated alkanes) is 1. The van der Waals surface area contributed by atoms with Crippen LogP contribution in [0.3, 0.4) is 0 Å². The van der Waals surface area contributed by atoms with Gasteiger partial charge in [-0.15, -0.1) is 34.2 Å². The molecule has 9 nitrogen and oxygen atoms in total. The van der Waals surface area contributed by atoms with Crippen molar-refractivity contribution in [3.8, 4) is 0 Å². The molecule has 2 heterocycles. The van der Waals surface area contributed by atoms with E-state index in [1.165, 1.54) is 0 Å². The fourth-order valence-corrected chi connectivity index (χ4v) is 2.49. The molecule has 27 heavy (non-hydrogen) atoms. The van der Waals surface area contributed by atoms with Crippen LogP contribution < -0.4 is 10.6 Å². The molecule has 10 heteroatoms. The molecule has 2 N–H and O–H groups in total. The van der Waals surface area contributed by atoms with Gasteiger partial charge >= 0.3 is 6.09 Å². The second kappa shape index (κ2) is 11.3. The molecule has 1 aromatic heterocycles. The molecule has 0 aliphatic carbocycles. The SMILES string of the molecule is CCNC(=NCCCCn1cnnc1)NC1CN(C(=O)OC(C)(C)C)C1.I. The van der Waals surface area contributed by atoms with Crippen molar-refractivity contribution in [2.24, 2.45) is 4.99 Å². The fraction of sp³-hybridized carbons (Fsp3) is 0.765. The number of carbonyl (C=O) groups excluding carboxylic acids is 1. The standard InChI is InChI=1S/C17H31N7O2.HI/c1-5-18-15(19-8-6-7-9-23-12-20-21-13-23)22-14-10-24(11-14)16(25)26-17(2,3)4;/h12-14H,5-11H2,1-4H3,(H2,18,19,22);1H. The minimum atomic E-state index is -0.460. The van der Waals surface area contributed by atoms with Gasteiger partial charge in [0.25, 0.3) is 0 Å². The van der Waals surface area contributed by atoms with Gasteiger partial charge in [0.05, 0.1) is 6.04 Å². The number of likely N-dealkylation sites (tertiary alicyclic amines) is 1. The van der Waals surface area contributed by atoms with E-state index in [1.54, 1.807) is 17.6 Å². The number of aryl methyl sites for hydroxylation is 1. The summed E-state index contributed by atoms with van der Waals surface area (Å²) in [6, 6.07) is 0.206. The number of rotatable bonds is 7. The number of nitrogens with one attached hydrogen (secondary N) is 2. The minimum absolute atomic E-state index is 0. The summed E-state index contributed by atoms with van der Waals surface area (Å²) in [5.41, 5.74) is -0.460. The molecule has 1 aromatic rings. The zero-order valence-electron chi connectivity index (χ0n) is 16.6. The monoisotopic (exact) mass is 493 g/mol. The van der Waals surface area contributed by atoms with E-state index in [1.807, 2.05) is 32.3 Å². The molecule has 0 saturated carbocycles. The van der Waals surface area contributed by atoms with E-state index in [9.17, 15) is 4.79 Å². The number of halogens is 1. The fourth-order valence-electron chi connectivity index (χ4n) is 2.49. The summed E-state index contributed by atoms with van der Waals surface area (Å²) in [6.45, 7) is 11.4. The summed E-state index contributed by atoms with van der Waals surface area (Å²) >= 11 is 0. The molecule has 0 radical (unpaired) electrons. The molecule has 0 aromatic carbocycles. The summed E-state index contributed by atoms with van der Waals surface area (Å²) in [5.74, 6) is 0.797. The Morgan fingerprint density at radius 3 is 2.52 bits per heavy atom. The molecule has 0 unspecified atom stereocenters. The number of hydrogen-bond donors (Lipinski definition) is 2. The third-order valence-corrected chi connectivity index (χ3v) is 3.78. The number of nitrogens with zero attached hydrogens (tertiary/aromatic N) is 5. The average molecular weight is 493 g/mol. The molecule has 154 valence electrons. The zero-order chi connectivity index (χ0) is 19.0. The van der Waals surface area contributed by atoms with Gasteiger partial charge in [0.15, 0.2) is 5.96 Å². The number of amides is 1. The molecular formula is C17H32IN7O2. The van der Waals surface area contributed by atoms with Crippen molar-refractivity contribution in [3.05, 3.63) is 12.7 Å². The van der Waals surface area contributed by atoms with Gasteiger partial charge in [-0.2, -0.15) is 0 Å². The van der Waals surface area contributed by atoms with Crippen molar-refractivity contribution >= 4 is 36.0 Å². The highest BCUT2D eigenvalue weighted by molar-refractivity contribution is 14.0. The van der Waals surface area contributed by atoms with Crippen LogP contribution in [0.15, 0.2) is 17.6 Å². The summed E-state index contributed by atoms with van der Waals surface area (Å²) in [6.07, 6.45) is 5.20. The Labute approximate surface area is 178 Å². The van der Waals surface area contributed by atoms with E-state index in [-0.39, 0.29) is 36.1 Å². The van der Waals surface area contributed by atoms with Crippen molar-refractivity contribution < 1.29 is 9.53 Å². The Balaban J connectivity index is 0.00000364. The summed E-state index contributed by atoms with van der Waals surface area (Å²) in [4.78, 5) is 18.3.